The van der Waals surface area contributed by atoms with Gasteiger partial charge in [0.15, 0.2) is 5.75 Å². The van der Waals surface area contributed by atoms with Crippen molar-refractivity contribution in [3.63, 3.8) is 0 Å². The molecule has 1 heterocycles. The molecule has 0 aromatic heterocycles. The smallest absolute Gasteiger partial charge is 0.230 e. The minimum absolute atomic E-state index is 0.201. The van der Waals surface area contributed by atoms with Crippen LogP contribution >= 0.6 is 11.6 Å². The molecule has 0 radical (unpaired) electrons. The molecule has 0 unspecified atom stereocenters. The second-order valence-electron chi connectivity index (χ2n) is 5.91. The SMILES string of the molecule is COC1=C[C@@H](O)C[C@H](C)[C@@]12Oc1c(Cl)c(OC)cc(OC)c1C2=O. The molecule has 1 N–H and O–H groups in total. The van der Waals surface area contributed by atoms with Gasteiger partial charge in [-0.15, -0.1) is 0 Å². The van der Waals surface area contributed by atoms with E-state index in [-0.39, 0.29) is 33.8 Å². The molecule has 1 spiro atoms. The van der Waals surface area contributed by atoms with Gasteiger partial charge >= 0.3 is 0 Å². The van der Waals surface area contributed by atoms with Crippen LogP contribution in [0.4, 0.5) is 0 Å². The molecular formula is C17H19ClO6. The maximum absolute atomic E-state index is 13.3. The van der Waals surface area contributed by atoms with Crippen molar-refractivity contribution in [3.05, 3.63) is 28.5 Å². The topological polar surface area (TPSA) is 74.2 Å². The fraction of sp³-hybridized carbons (Fsp3) is 0.471. The molecule has 0 fully saturated rings. The molecule has 1 aromatic carbocycles. The number of aliphatic hydroxyl groups excluding tert-OH is 1. The lowest BCUT2D eigenvalue weighted by atomic mass is 9.75. The summed E-state index contributed by atoms with van der Waals surface area (Å²) in [7, 11) is 4.37. The summed E-state index contributed by atoms with van der Waals surface area (Å²) in [6.07, 6.45) is 1.16. The van der Waals surface area contributed by atoms with E-state index in [1.54, 1.807) is 6.07 Å². The zero-order chi connectivity index (χ0) is 17.6. The average molecular weight is 355 g/mol. The lowest BCUT2D eigenvalue weighted by molar-refractivity contribution is -0.00265. The van der Waals surface area contributed by atoms with Crippen LogP contribution in [-0.4, -0.2) is 43.9 Å². The van der Waals surface area contributed by atoms with E-state index in [9.17, 15) is 9.90 Å². The van der Waals surface area contributed by atoms with Crippen LogP contribution < -0.4 is 14.2 Å². The summed E-state index contributed by atoms with van der Waals surface area (Å²) < 4.78 is 22.0. The maximum atomic E-state index is 13.3. The first-order valence-corrected chi connectivity index (χ1v) is 7.91. The number of fused-ring (bicyclic) bond motifs is 1. The van der Waals surface area contributed by atoms with Crippen molar-refractivity contribution in [2.45, 2.75) is 25.0 Å². The highest BCUT2D eigenvalue weighted by atomic mass is 35.5. The molecule has 0 saturated heterocycles. The molecule has 130 valence electrons. The molecule has 1 aliphatic heterocycles. The van der Waals surface area contributed by atoms with Crippen molar-refractivity contribution in [2.24, 2.45) is 5.92 Å². The molecule has 1 aromatic rings. The molecule has 1 aliphatic carbocycles. The Kier molecular flexibility index (Phi) is 4.13. The van der Waals surface area contributed by atoms with Gasteiger partial charge in [0.2, 0.25) is 11.4 Å². The third-order valence-corrected chi connectivity index (χ3v) is 5.00. The number of Topliss-reactive ketones (excluding diaryl/α,β-unsaturated/α-hetero) is 1. The highest BCUT2D eigenvalue weighted by Gasteiger charge is 2.59. The Labute approximate surface area is 144 Å². The van der Waals surface area contributed by atoms with Crippen molar-refractivity contribution in [2.75, 3.05) is 21.3 Å². The van der Waals surface area contributed by atoms with Crippen LogP contribution in [0.25, 0.3) is 0 Å². The predicted octanol–water partition coefficient (Wildman–Crippen LogP) is 2.60. The number of hydrogen-bond donors (Lipinski definition) is 1. The van der Waals surface area contributed by atoms with Gasteiger partial charge in [-0.25, -0.2) is 0 Å². The third kappa shape index (κ3) is 2.09. The van der Waals surface area contributed by atoms with Crippen molar-refractivity contribution in [1.29, 1.82) is 0 Å². The summed E-state index contributed by atoms with van der Waals surface area (Å²) >= 11 is 6.35. The number of hydrogen-bond acceptors (Lipinski definition) is 6. The van der Waals surface area contributed by atoms with Gasteiger partial charge in [0.25, 0.3) is 0 Å². The summed E-state index contributed by atoms with van der Waals surface area (Å²) in [6, 6.07) is 1.56. The first kappa shape index (κ1) is 16.9. The first-order valence-electron chi connectivity index (χ1n) is 7.53. The van der Waals surface area contributed by atoms with Crippen LogP contribution in [0.3, 0.4) is 0 Å². The summed E-state index contributed by atoms with van der Waals surface area (Å²) in [4.78, 5) is 13.3. The van der Waals surface area contributed by atoms with Gasteiger partial charge in [0.1, 0.15) is 27.8 Å². The number of benzene rings is 1. The highest BCUT2D eigenvalue weighted by molar-refractivity contribution is 6.35. The summed E-state index contributed by atoms with van der Waals surface area (Å²) in [6.45, 7) is 1.83. The Morgan fingerprint density at radius 2 is 1.92 bits per heavy atom. The van der Waals surface area contributed by atoms with Crippen LogP contribution in [0.1, 0.15) is 23.7 Å². The fourth-order valence-corrected chi connectivity index (χ4v) is 3.71. The number of carbonyl (C=O) groups is 1. The fourth-order valence-electron chi connectivity index (χ4n) is 3.45. The molecule has 0 bridgehead atoms. The van der Waals surface area contributed by atoms with E-state index in [4.69, 9.17) is 30.5 Å². The number of halogens is 1. The molecule has 3 atom stereocenters. The van der Waals surface area contributed by atoms with Gasteiger partial charge in [0, 0.05) is 12.0 Å². The van der Waals surface area contributed by atoms with Crippen molar-refractivity contribution in [3.8, 4) is 17.2 Å². The number of ketones is 1. The largest absolute Gasteiger partial charge is 0.497 e. The molecule has 0 saturated carbocycles. The van der Waals surface area contributed by atoms with E-state index in [1.807, 2.05) is 6.92 Å². The minimum Gasteiger partial charge on any atom is -0.497 e. The van der Waals surface area contributed by atoms with Gasteiger partial charge in [0.05, 0.1) is 27.4 Å². The molecule has 6 nitrogen and oxygen atoms in total. The third-order valence-electron chi connectivity index (χ3n) is 4.64. The molecule has 7 heteroatoms. The van der Waals surface area contributed by atoms with Gasteiger partial charge in [-0.05, 0) is 12.5 Å². The first-order chi connectivity index (χ1) is 11.4. The standard InChI is InChI=1S/C17H19ClO6/c1-8-5-9(19)6-12(23-4)17(8)16(20)13-10(21-2)7-11(22-3)14(18)15(13)24-17/h6-9,19H,5H2,1-4H3/t8-,9-,17+/m0/s1. The normalized spacial score (nSPS) is 28.2. The van der Waals surface area contributed by atoms with E-state index in [1.165, 1.54) is 27.4 Å². The van der Waals surface area contributed by atoms with E-state index in [2.05, 4.69) is 0 Å². The number of methoxy groups -OCH3 is 3. The van der Waals surface area contributed by atoms with Gasteiger partial charge in [-0.2, -0.15) is 0 Å². The summed E-state index contributed by atoms with van der Waals surface area (Å²) in [5, 5.41) is 10.2. The predicted molar refractivity (Wildman–Crippen MR) is 87.1 cm³/mol. The van der Waals surface area contributed by atoms with Gasteiger partial charge < -0.3 is 24.1 Å². The van der Waals surface area contributed by atoms with Crippen LogP contribution in [0, 0.1) is 5.92 Å². The van der Waals surface area contributed by atoms with E-state index in [0.29, 0.717) is 17.9 Å². The summed E-state index contributed by atoms with van der Waals surface area (Å²) in [5.41, 5.74) is -1.10. The molecule has 0 amide bonds. The summed E-state index contributed by atoms with van der Waals surface area (Å²) in [5.74, 6) is 0.534. The maximum Gasteiger partial charge on any atom is 0.230 e. The van der Waals surface area contributed by atoms with Crippen molar-refractivity contribution >= 4 is 17.4 Å². The second kappa shape index (κ2) is 5.86. The van der Waals surface area contributed by atoms with E-state index >= 15 is 0 Å². The minimum atomic E-state index is -1.36. The van der Waals surface area contributed by atoms with E-state index in [0.717, 1.165) is 0 Å². The Bertz CT molecular complexity index is 728. The average Bonchev–Trinajstić information content (AvgIpc) is 2.87. The van der Waals surface area contributed by atoms with Crippen LogP contribution in [-0.2, 0) is 4.74 Å². The van der Waals surface area contributed by atoms with E-state index < -0.39 is 11.7 Å². The van der Waals surface area contributed by atoms with Gasteiger partial charge in [-0.1, -0.05) is 18.5 Å². The zero-order valence-electron chi connectivity index (χ0n) is 13.9. The number of carbonyl (C=O) groups excluding carboxylic acids is 1. The molecule has 24 heavy (non-hydrogen) atoms. The molecular weight excluding hydrogens is 336 g/mol. The van der Waals surface area contributed by atoms with Crippen LogP contribution in [0.5, 0.6) is 17.2 Å². The molecule has 2 aliphatic rings. The van der Waals surface area contributed by atoms with Crippen LogP contribution in [0.2, 0.25) is 5.02 Å². The Morgan fingerprint density at radius 3 is 2.50 bits per heavy atom. The molecule has 3 rings (SSSR count). The monoisotopic (exact) mass is 354 g/mol. The lowest BCUT2D eigenvalue weighted by Gasteiger charge is -2.38. The van der Waals surface area contributed by atoms with Crippen molar-refractivity contribution < 1.29 is 28.8 Å². The highest BCUT2D eigenvalue weighted by Crippen LogP contribution is 2.54. The van der Waals surface area contributed by atoms with Gasteiger partial charge in [-0.3, -0.25) is 4.79 Å². The Balaban J connectivity index is 2.24. The Morgan fingerprint density at radius 1 is 1.25 bits per heavy atom. The quantitative estimate of drug-likeness (QED) is 0.899. The number of rotatable bonds is 3. The second-order valence-corrected chi connectivity index (χ2v) is 6.28. The van der Waals surface area contributed by atoms with Crippen molar-refractivity contribution in [1.82, 2.24) is 0 Å². The van der Waals surface area contributed by atoms with Crippen LogP contribution in [0.15, 0.2) is 17.9 Å². The lowest BCUT2D eigenvalue weighted by Crippen LogP contribution is -2.52. The zero-order valence-corrected chi connectivity index (χ0v) is 14.6. The Hall–Kier alpha value is -1.92. The number of aliphatic hydroxyl groups is 1. The number of ether oxygens (including phenoxy) is 4.